The van der Waals surface area contributed by atoms with Gasteiger partial charge in [-0.2, -0.15) is 0 Å². The average molecular weight is 378 g/mol. The van der Waals surface area contributed by atoms with Crippen molar-refractivity contribution in [1.29, 1.82) is 0 Å². The summed E-state index contributed by atoms with van der Waals surface area (Å²) in [6, 6.07) is 6.58. The Hall–Kier alpha value is -1.88. The molecule has 0 radical (unpaired) electrons. The molecule has 27 heavy (non-hydrogen) atoms. The Morgan fingerprint density at radius 2 is 1.67 bits per heavy atom. The highest BCUT2D eigenvalue weighted by atomic mass is 16.5. The van der Waals surface area contributed by atoms with E-state index in [1.807, 2.05) is 26.0 Å². The monoisotopic (exact) mass is 377 g/mol. The van der Waals surface area contributed by atoms with Gasteiger partial charge in [-0.1, -0.05) is 19.9 Å². The average Bonchev–Trinajstić information content (AvgIpc) is 2.57. The summed E-state index contributed by atoms with van der Waals surface area (Å²) in [7, 11) is 0. The normalized spacial score (nSPS) is 11.5. The first-order chi connectivity index (χ1) is 12.6. The van der Waals surface area contributed by atoms with E-state index in [1.165, 1.54) is 6.92 Å². The molecule has 5 heteroatoms. The van der Waals surface area contributed by atoms with Gasteiger partial charge in [0, 0.05) is 19.0 Å². The lowest BCUT2D eigenvalue weighted by Crippen LogP contribution is -2.37. The number of aryl methyl sites for hydroxylation is 1. The number of hydrogen-bond acceptors (Lipinski definition) is 5. The summed E-state index contributed by atoms with van der Waals surface area (Å²) in [6.07, 6.45) is 1.75. The third kappa shape index (κ3) is 8.12. The first-order valence-corrected chi connectivity index (χ1v) is 9.84. The molecule has 0 atom stereocenters. The van der Waals surface area contributed by atoms with Gasteiger partial charge in [-0.05, 0) is 70.3 Å². The second-order valence-corrected chi connectivity index (χ2v) is 7.83. The molecule has 0 heterocycles. The second kappa shape index (κ2) is 11.1. The molecule has 5 nitrogen and oxygen atoms in total. The Bertz CT molecular complexity index is 615. The first kappa shape index (κ1) is 23.2. The van der Waals surface area contributed by atoms with E-state index < -0.39 is 0 Å². The molecule has 0 bridgehead atoms. The maximum atomic E-state index is 12.0. The maximum absolute atomic E-state index is 12.0. The number of rotatable bonds is 10. The van der Waals surface area contributed by atoms with Gasteiger partial charge < -0.3 is 9.47 Å². The molecule has 0 fully saturated rings. The number of carbonyl (C=O) groups is 2. The Kier molecular flexibility index (Phi) is 9.50. The summed E-state index contributed by atoms with van der Waals surface area (Å²) in [5.74, 6) is -0.136. The van der Waals surface area contributed by atoms with Gasteiger partial charge in [0.1, 0.15) is 12.4 Å². The first-order valence-electron chi connectivity index (χ1n) is 9.84. The van der Waals surface area contributed by atoms with Gasteiger partial charge in [-0.15, -0.1) is 0 Å². The number of nitrogens with zero attached hydrogens (tertiary/aromatic N) is 1. The maximum Gasteiger partial charge on any atom is 0.313 e. The van der Waals surface area contributed by atoms with Crippen molar-refractivity contribution >= 4 is 11.9 Å². The van der Waals surface area contributed by atoms with Gasteiger partial charge >= 0.3 is 11.9 Å². The van der Waals surface area contributed by atoms with Crippen molar-refractivity contribution in [3.63, 3.8) is 0 Å². The zero-order chi connectivity index (χ0) is 20.6. The summed E-state index contributed by atoms with van der Waals surface area (Å²) < 4.78 is 10.7. The van der Waals surface area contributed by atoms with Gasteiger partial charge in [0.2, 0.25) is 0 Å². The minimum Gasteiger partial charge on any atom is -0.461 e. The fraction of sp³-hybridized carbons (Fsp3) is 0.636. The lowest BCUT2D eigenvalue weighted by Gasteiger charge is -2.30. The van der Waals surface area contributed by atoms with Crippen molar-refractivity contribution < 1.29 is 19.1 Å². The van der Waals surface area contributed by atoms with E-state index >= 15 is 0 Å². The van der Waals surface area contributed by atoms with Gasteiger partial charge in [0.25, 0.3) is 0 Å². The van der Waals surface area contributed by atoms with Crippen molar-refractivity contribution in [3.05, 3.63) is 29.3 Å². The fourth-order valence-corrected chi connectivity index (χ4v) is 2.99. The number of hydrogen-bond donors (Lipinski definition) is 0. The highest BCUT2D eigenvalue weighted by molar-refractivity contribution is 5.74. The Labute approximate surface area is 164 Å². The van der Waals surface area contributed by atoms with Crippen LogP contribution in [0.5, 0.6) is 5.75 Å². The number of carbonyl (C=O) groups excluding carboxylic acids is 2. The van der Waals surface area contributed by atoms with E-state index in [-0.39, 0.29) is 24.5 Å². The van der Waals surface area contributed by atoms with Crippen molar-refractivity contribution in [2.45, 2.75) is 80.0 Å². The second-order valence-electron chi connectivity index (χ2n) is 7.83. The smallest absolute Gasteiger partial charge is 0.313 e. The van der Waals surface area contributed by atoms with Crippen LogP contribution in [0.25, 0.3) is 0 Å². The molecule has 0 amide bonds. The molecule has 152 valence electrons. The van der Waals surface area contributed by atoms with Crippen molar-refractivity contribution in [2.24, 2.45) is 5.92 Å². The van der Waals surface area contributed by atoms with E-state index in [2.05, 4.69) is 32.6 Å². The number of esters is 2. The lowest BCUT2D eigenvalue weighted by molar-refractivity contribution is -0.142. The van der Waals surface area contributed by atoms with Gasteiger partial charge in [-0.25, -0.2) is 0 Å². The van der Waals surface area contributed by atoms with Crippen LogP contribution in [0.15, 0.2) is 18.2 Å². The zero-order valence-electron chi connectivity index (χ0n) is 17.9. The molecule has 0 saturated carbocycles. The van der Waals surface area contributed by atoms with Crippen LogP contribution in [0, 0.1) is 5.92 Å². The van der Waals surface area contributed by atoms with Crippen LogP contribution in [0.3, 0.4) is 0 Å². The van der Waals surface area contributed by atoms with Crippen LogP contribution in [0.2, 0.25) is 0 Å². The largest absolute Gasteiger partial charge is 0.461 e. The molecule has 0 aliphatic heterocycles. The van der Waals surface area contributed by atoms with E-state index in [0.29, 0.717) is 17.8 Å². The third-order valence-electron chi connectivity index (χ3n) is 4.44. The van der Waals surface area contributed by atoms with Crippen LogP contribution >= 0.6 is 0 Å². The quantitative estimate of drug-likeness (QED) is 0.448. The molecule has 0 aliphatic carbocycles. The predicted molar refractivity (Wildman–Crippen MR) is 108 cm³/mol. The number of ether oxygens (including phenoxy) is 2. The van der Waals surface area contributed by atoms with Crippen molar-refractivity contribution in [2.75, 3.05) is 6.54 Å². The van der Waals surface area contributed by atoms with Gasteiger partial charge in [0.15, 0.2) is 0 Å². The third-order valence-corrected chi connectivity index (χ3v) is 4.44. The molecule has 1 rings (SSSR count). The minimum absolute atomic E-state index is 0.184. The van der Waals surface area contributed by atoms with Crippen LogP contribution in [-0.4, -0.2) is 35.5 Å². The minimum atomic E-state index is -0.309. The van der Waals surface area contributed by atoms with E-state index in [0.717, 1.165) is 30.5 Å². The molecule has 1 aromatic rings. The zero-order valence-corrected chi connectivity index (χ0v) is 17.9. The summed E-state index contributed by atoms with van der Waals surface area (Å²) in [5, 5.41) is 0. The van der Waals surface area contributed by atoms with Crippen molar-refractivity contribution in [3.8, 4) is 5.75 Å². The van der Waals surface area contributed by atoms with Crippen LogP contribution in [-0.2, 0) is 27.4 Å². The summed E-state index contributed by atoms with van der Waals surface area (Å²) in [6.45, 7) is 15.1. The molecule has 0 aliphatic rings. The van der Waals surface area contributed by atoms with Crippen LogP contribution < -0.4 is 4.74 Å². The number of benzene rings is 1. The van der Waals surface area contributed by atoms with Gasteiger partial charge in [-0.3, -0.25) is 14.5 Å². The summed E-state index contributed by atoms with van der Waals surface area (Å²) >= 11 is 0. The van der Waals surface area contributed by atoms with Crippen LogP contribution in [0.4, 0.5) is 0 Å². The molecule has 0 saturated heterocycles. The van der Waals surface area contributed by atoms with E-state index in [9.17, 15) is 9.59 Å². The van der Waals surface area contributed by atoms with Gasteiger partial charge in [0.05, 0.1) is 5.92 Å². The predicted octanol–water partition coefficient (Wildman–Crippen LogP) is 4.36. The Balaban J connectivity index is 2.91. The topological polar surface area (TPSA) is 55.8 Å². The van der Waals surface area contributed by atoms with Crippen molar-refractivity contribution in [1.82, 2.24) is 4.90 Å². The molecule has 0 spiro atoms. The summed E-state index contributed by atoms with van der Waals surface area (Å²) in [4.78, 5) is 25.5. The molecular formula is C22H35NO4. The molecule has 0 unspecified atom stereocenters. The summed E-state index contributed by atoms with van der Waals surface area (Å²) in [5.41, 5.74) is 1.87. The Morgan fingerprint density at radius 1 is 1.04 bits per heavy atom. The molecule has 0 aromatic heterocycles. The highest BCUT2D eigenvalue weighted by Crippen LogP contribution is 2.24. The molecule has 1 aromatic carbocycles. The standard InChI is InChI=1S/C22H35NO4/c1-15(2)22(25)27-21-11-10-19(14-26-18(7)24)13-20(21)9-8-12-23(16(3)4)17(5)6/h10-11,13,15-17H,8-9,12,14H2,1-7H3. The van der Waals surface area contributed by atoms with Crippen LogP contribution in [0.1, 0.15) is 66.0 Å². The Morgan fingerprint density at radius 3 is 2.19 bits per heavy atom. The van der Waals surface area contributed by atoms with E-state index in [1.54, 1.807) is 6.07 Å². The highest BCUT2D eigenvalue weighted by Gasteiger charge is 2.16. The lowest BCUT2D eigenvalue weighted by atomic mass is 10.0. The fourth-order valence-electron chi connectivity index (χ4n) is 2.99. The SMILES string of the molecule is CC(=O)OCc1ccc(OC(=O)C(C)C)c(CCCN(C(C)C)C(C)C)c1. The molecular weight excluding hydrogens is 342 g/mol. The van der Waals surface area contributed by atoms with E-state index in [4.69, 9.17) is 9.47 Å². The molecule has 0 N–H and O–H groups in total.